The van der Waals surface area contributed by atoms with E-state index in [1.165, 1.54) is 12.8 Å². The number of hydrogen-bond acceptors (Lipinski definition) is 8. The zero-order valence-electron chi connectivity index (χ0n) is 20.1. The predicted octanol–water partition coefficient (Wildman–Crippen LogP) is 3.06. The summed E-state index contributed by atoms with van der Waals surface area (Å²) >= 11 is 0. The van der Waals surface area contributed by atoms with E-state index < -0.39 is 17.6 Å². The second-order valence-electron chi connectivity index (χ2n) is 11.0. The first kappa shape index (κ1) is 22.4. The molecule has 3 heterocycles. The van der Waals surface area contributed by atoms with Crippen LogP contribution in [0.5, 0.6) is 0 Å². The Hall–Kier alpha value is -3.06. The van der Waals surface area contributed by atoms with Gasteiger partial charge in [-0.25, -0.2) is 9.97 Å². The minimum Gasteiger partial charge on any atom is -0.384 e. The molecule has 2 saturated carbocycles. The molecule has 2 aliphatic carbocycles. The summed E-state index contributed by atoms with van der Waals surface area (Å²) in [4.78, 5) is 15.1. The van der Waals surface area contributed by atoms with E-state index in [1.807, 2.05) is 18.5 Å². The van der Waals surface area contributed by atoms with Gasteiger partial charge in [-0.2, -0.15) is 5.26 Å². The maximum Gasteiger partial charge on any atom is 0.239 e. The van der Waals surface area contributed by atoms with E-state index in [0.29, 0.717) is 35.0 Å². The standard InChI is InChI=1S/C26H30N6O3/c1-24(2,34)21-12-29-22(13-28-21)32-15-26(35-23(32)33)8-7-25(5-6-25)18(10-26)14-31-16-30-19-4-3-17(11-27)9-20(19)31/h3-4,9,12-13,16,18,23,33-34H,5-8,10,14-15H2,1-2H3/t18-,23?,26+/m1/s1. The first-order valence-corrected chi connectivity index (χ1v) is 12.2. The van der Waals surface area contributed by atoms with Crippen molar-refractivity contribution in [3.05, 3.63) is 48.2 Å². The number of benzene rings is 1. The molecular weight excluding hydrogens is 444 g/mol. The fourth-order valence-electron chi connectivity index (χ4n) is 5.98. The van der Waals surface area contributed by atoms with Crippen molar-refractivity contribution >= 4 is 16.9 Å². The van der Waals surface area contributed by atoms with Gasteiger partial charge >= 0.3 is 0 Å². The molecule has 35 heavy (non-hydrogen) atoms. The molecule has 0 radical (unpaired) electrons. The van der Waals surface area contributed by atoms with Crippen molar-refractivity contribution < 1.29 is 14.9 Å². The third-order valence-corrected chi connectivity index (χ3v) is 8.26. The molecule has 2 aromatic heterocycles. The van der Waals surface area contributed by atoms with Gasteiger partial charge in [-0.1, -0.05) is 0 Å². The molecule has 2 spiro atoms. The number of aliphatic hydroxyl groups is 2. The molecule has 0 amide bonds. The van der Waals surface area contributed by atoms with Gasteiger partial charge in [0.05, 0.1) is 59.2 Å². The van der Waals surface area contributed by atoms with Crippen LogP contribution in [0.15, 0.2) is 36.9 Å². The van der Waals surface area contributed by atoms with E-state index in [9.17, 15) is 15.5 Å². The number of aromatic nitrogens is 4. The first-order chi connectivity index (χ1) is 16.7. The third-order valence-electron chi connectivity index (χ3n) is 8.26. The topological polar surface area (TPSA) is 120 Å². The van der Waals surface area contributed by atoms with Gasteiger partial charge in [0.1, 0.15) is 5.60 Å². The van der Waals surface area contributed by atoms with Gasteiger partial charge in [0, 0.05) is 6.54 Å². The average Bonchev–Trinajstić information content (AvgIpc) is 3.41. The number of anilines is 1. The van der Waals surface area contributed by atoms with Crippen LogP contribution in [0, 0.1) is 22.7 Å². The fourth-order valence-corrected chi connectivity index (χ4v) is 5.98. The molecule has 2 N–H and O–H groups in total. The average molecular weight is 475 g/mol. The number of aliphatic hydroxyl groups excluding tert-OH is 1. The molecule has 1 saturated heterocycles. The van der Waals surface area contributed by atoms with Gasteiger partial charge < -0.3 is 24.4 Å². The van der Waals surface area contributed by atoms with E-state index >= 15 is 0 Å². The van der Waals surface area contributed by atoms with Gasteiger partial charge in [0.25, 0.3) is 0 Å². The molecule has 182 valence electrons. The normalized spacial score (nSPS) is 27.6. The summed E-state index contributed by atoms with van der Waals surface area (Å²) in [5.41, 5.74) is 1.78. The van der Waals surface area contributed by atoms with Crippen LogP contribution >= 0.6 is 0 Å². The summed E-state index contributed by atoms with van der Waals surface area (Å²) in [6, 6.07) is 7.84. The number of ether oxygens (including phenoxy) is 1. The molecule has 9 nitrogen and oxygen atoms in total. The molecule has 1 aliphatic heterocycles. The molecule has 1 unspecified atom stereocenters. The summed E-state index contributed by atoms with van der Waals surface area (Å²) in [6.45, 7) is 4.69. The number of fused-ring (bicyclic) bond motifs is 1. The van der Waals surface area contributed by atoms with Crippen molar-refractivity contribution in [2.75, 3.05) is 11.4 Å². The van der Waals surface area contributed by atoms with Crippen molar-refractivity contribution in [3.63, 3.8) is 0 Å². The summed E-state index contributed by atoms with van der Waals surface area (Å²) < 4.78 is 8.42. The lowest BCUT2D eigenvalue weighted by Crippen LogP contribution is -2.44. The van der Waals surface area contributed by atoms with Crippen molar-refractivity contribution in [3.8, 4) is 6.07 Å². The van der Waals surface area contributed by atoms with Crippen molar-refractivity contribution in [2.24, 2.45) is 11.3 Å². The highest BCUT2D eigenvalue weighted by Crippen LogP contribution is 2.63. The summed E-state index contributed by atoms with van der Waals surface area (Å²) in [5.74, 6) is 0.922. The largest absolute Gasteiger partial charge is 0.384 e. The minimum atomic E-state index is -1.08. The Morgan fingerprint density at radius 1 is 1.17 bits per heavy atom. The third kappa shape index (κ3) is 3.86. The van der Waals surface area contributed by atoms with Crippen LogP contribution in [0.3, 0.4) is 0 Å². The highest BCUT2D eigenvalue weighted by atomic mass is 16.7. The van der Waals surface area contributed by atoms with E-state index in [1.54, 1.807) is 37.2 Å². The molecule has 3 fully saturated rings. The zero-order valence-corrected chi connectivity index (χ0v) is 20.1. The lowest BCUT2D eigenvalue weighted by atomic mass is 9.69. The van der Waals surface area contributed by atoms with Crippen molar-refractivity contribution in [1.29, 1.82) is 5.26 Å². The predicted molar refractivity (Wildman–Crippen MR) is 128 cm³/mol. The molecule has 3 aromatic rings. The summed E-state index contributed by atoms with van der Waals surface area (Å²) in [7, 11) is 0. The van der Waals surface area contributed by atoms with Gasteiger partial charge in [-0.3, -0.25) is 4.98 Å². The molecule has 6 rings (SSSR count). The second-order valence-corrected chi connectivity index (χ2v) is 11.0. The Morgan fingerprint density at radius 2 is 1.97 bits per heavy atom. The Labute approximate surface area is 204 Å². The Bertz CT molecular complexity index is 1300. The highest BCUT2D eigenvalue weighted by Gasteiger charge is 2.59. The number of rotatable bonds is 4. The number of nitriles is 1. The minimum absolute atomic E-state index is 0.324. The van der Waals surface area contributed by atoms with E-state index in [2.05, 4.69) is 25.6 Å². The Balaban J connectivity index is 1.24. The first-order valence-electron chi connectivity index (χ1n) is 12.2. The van der Waals surface area contributed by atoms with Gasteiger partial charge in [0.15, 0.2) is 5.82 Å². The van der Waals surface area contributed by atoms with E-state index in [0.717, 1.165) is 36.8 Å². The van der Waals surface area contributed by atoms with Crippen molar-refractivity contribution in [2.45, 2.75) is 70.1 Å². The monoisotopic (exact) mass is 474 g/mol. The number of nitrogens with zero attached hydrogens (tertiary/aromatic N) is 6. The molecule has 0 bridgehead atoms. The number of imidazole rings is 1. The second kappa shape index (κ2) is 7.72. The van der Waals surface area contributed by atoms with Crippen molar-refractivity contribution in [1.82, 2.24) is 19.5 Å². The molecule has 9 heteroatoms. The molecule has 3 atom stereocenters. The van der Waals surface area contributed by atoms with Gasteiger partial charge in [-0.15, -0.1) is 0 Å². The van der Waals surface area contributed by atoms with Crippen LogP contribution in [0.2, 0.25) is 0 Å². The van der Waals surface area contributed by atoms with E-state index in [4.69, 9.17) is 4.74 Å². The maximum absolute atomic E-state index is 10.8. The van der Waals surface area contributed by atoms with Crippen LogP contribution in [0.1, 0.15) is 57.2 Å². The van der Waals surface area contributed by atoms with Crippen LogP contribution < -0.4 is 4.90 Å². The quantitative estimate of drug-likeness (QED) is 0.592. The van der Waals surface area contributed by atoms with Crippen LogP contribution in [0.25, 0.3) is 11.0 Å². The Morgan fingerprint density at radius 3 is 2.66 bits per heavy atom. The zero-order chi connectivity index (χ0) is 24.4. The lowest BCUT2D eigenvalue weighted by Gasteiger charge is -2.42. The van der Waals surface area contributed by atoms with Gasteiger partial charge in [-0.05, 0) is 75.5 Å². The van der Waals surface area contributed by atoms with Crippen LogP contribution in [-0.2, 0) is 16.9 Å². The summed E-state index contributed by atoms with van der Waals surface area (Å²) in [5, 5.41) is 30.3. The SMILES string of the molecule is CC(C)(O)c1cnc(N2C[C@@]3(CCC4(CC4)[C@@H](Cn4cnc5ccc(C#N)cc54)C3)OC2O)cn1. The smallest absolute Gasteiger partial charge is 0.239 e. The Kier molecular flexibility index (Phi) is 4.94. The van der Waals surface area contributed by atoms with Crippen LogP contribution in [0.4, 0.5) is 5.82 Å². The lowest BCUT2D eigenvalue weighted by molar-refractivity contribution is -0.159. The molecule has 3 aliphatic rings. The van der Waals surface area contributed by atoms with Gasteiger partial charge in [0.2, 0.25) is 6.41 Å². The summed E-state index contributed by atoms with van der Waals surface area (Å²) in [6.07, 6.45) is 9.18. The number of hydrogen-bond donors (Lipinski definition) is 2. The highest BCUT2D eigenvalue weighted by molar-refractivity contribution is 5.77. The fraction of sp³-hybridized carbons (Fsp3) is 0.538. The van der Waals surface area contributed by atoms with E-state index in [-0.39, 0.29) is 0 Å². The van der Waals surface area contributed by atoms with Crippen LogP contribution in [-0.4, -0.2) is 48.3 Å². The molecular formula is C26H30N6O3. The molecule has 1 aromatic carbocycles. The maximum atomic E-state index is 10.8.